The molecule has 102 valence electrons. The fourth-order valence-corrected chi connectivity index (χ4v) is 2.30. The molecule has 0 aromatic heterocycles. The average Bonchev–Trinajstić information content (AvgIpc) is 2.38. The summed E-state index contributed by atoms with van der Waals surface area (Å²) in [5.74, 6) is 0. The van der Waals surface area contributed by atoms with Gasteiger partial charge in [-0.25, -0.2) is 0 Å². The third kappa shape index (κ3) is 5.82. The van der Waals surface area contributed by atoms with E-state index in [-0.39, 0.29) is 6.10 Å². The molecule has 4 heteroatoms. The van der Waals surface area contributed by atoms with Gasteiger partial charge in [-0.15, -0.1) is 0 Å². The molecular formula is C13H28N2O2. The van der Waals surface area contributed by atoms with Gasteiger partial charge in [0.15, 0.2) is 0 Å². The Hall–Kier alpha value is -0.160. The van der Waals surface area contributed by atoms with Crippen molar-refractivity contribution >= 4 is 0 Å². The first-order valence-electron chi connectivity index (χ1n) is 6.87. The second-order valence-corrected chi connectivity index (χ2v) is 4.82. The monoisotopic (exact) mass is 244 g/mol. The van der Waals surface area contributed by atoms with Gasteiger partial charge in [0.2, 0.25) is 0 Å². The Kier molecular flexibility index (Phi) is 7.77. The van der Waals surface area contributed by atoms with Crippen molar-refractivity contribution in [1.82, 2.24) is 4.90 Å². The molecule has 0 spiro atoms. The van der Waals surface area contributed by atoms with Crippen LogP contribution in [0.5, 0.6) is 0 Å². The fraction of sp³-hybridized carbons (Fsp3) is 1.00. The first-order valence-corrected chi connectivity index (χ1v) is 6.87. The summed E-state index contributed by atoms with van der Waals surface area (Å²) in [6, 6.07) is 0. The van der Waals surface area contributed by atoms with Crippen molar-refractivity contribution in [3.05, 3.63) is 0 Å². The van der Waals surface area contributed by atoms with Crippen molar-refractivity contribution in [3.8, 4) is 0 Å². The molecule has 0 amide bonds. The van der Waals surface area contributed by atoms with E-state index >= 15 is 0 Å². The van der Waals surface area contributed by atoms with E-state index in [0.29, 0.717) is 12.6 Å². The van der Waals surface area contributed by atoms with E-state index in [1.165, 1.54) is 19.4 Å². The van der Waals surface area contributed by atoms with Crippen LogP contribution in [0.1, 0.15) is 32.6 Å². The van der Waals surface area contributed by atoms with Gasteiger partial charge in [-0.05, 0) is 32.2 Å². The summed E-state index contributed by atoms with van der Waals surface area (Å²) < 4.78 is 11.1. The third-order valence-corrected chi connectivity index (χ3v) is 3.38. The summed E-state index contributed by atoms with van der Waals surface area (Å²) in [7, 11) is 1.74. The number of nitrogens with two attached hydrogens (primary N) is 1. The van der Waals surface area contributed by atoms with E-state index in [1.807, 2.05) is 0 Å². The smallest absolute Gasteiger partial charge is 0.0705 e. The SMILES string of the molecule is CCCOC1CCCN(CCC(CN)OC)C1. The maximum atomic E-state index is 5.82. The van der Waals surface area contributed by atoms with E-state index in [1.54, 1.807) is 7.11 Å². The second-order valence-electron chi connectivity index (χ2n) is 4.82. The molecule has 2 atom stereocenters. The Morgan fingerprint density at radius 2 is 2.29 bits per heavy atom. The molecule has 2 unspecified atom stereocenters. The van der Waals surface area contributed by atoms with Gasteiger partial charge in [0.1, 0.15) is 0 Å². The minimum Gasteiger partial charge on any atom is -0.380 e. The zero-order chi connectivity index (χ0) is 12.5. The quantitative estimate of drug-likeness (QED) is 0.698. The lowest BCUT2D eigenvalue weighted by atomic mass is 10.1. The molecule has 1 heterocycles. The highest BCUT2D eigenvalue weighted by Gasteiger charge is 2.20. The lowest BCUT2D eigenvalue weighted by Crippen LogP contribution is -2.41. The van der Waals surface area contributed by atoms with Crippen LogP contribution >= 0.6 is 0 Å². The summed E-state index contributed by atoms with van der Waals surface area (Å²) in [5, 5.41) is 0. The van der Waals surface area contributed by atoms with E-state index in [2.05, 4.69) is 11.8 Å². The van der Waals surface area contributed by atoms with Crippen molar-refractivity contribution in [2.45, 2.75) is 44.8 Å². The molecule has 0 aromatic rings. The highest BCUT2D eigenvalue weighted by molar-refractivity contribution is 4.74. The molecule has 1 aliphatic rings. The maximum absolute atomic E-state index is 5.82. The molecular weight excluding hydrogens is 216 g/mol. The zero-order valence-electron chi connectivity index (χ0n) is 11.4. The van der Waals surface area contributed by atoms with Gasteiger partial charge < -0.3 is 20.1 Å². The van der Waals surface area contributed by atoms with E-state index in [4.69, 9.17) is 15.2 Å². The summed E-state index contributed by atoms with van der Waals surface area (Å²) >= 11 is 0. The number of ether oxygens (including phenoxy) is 2. The van der Waals surface area contributed by atoms with Crippen LogP contribution < -0.4 is 5.73 Å². The predicted octanol–water partition coefficient (Wildman–Crippen LogP) is 1.24. The number of likely N-dealkylation sites (tertiary alicyclic amines) is 1. The largest absolute Gasteiger partial charge is 0.380 e. The van der Waals surface area contributed by atoms with Crippen LogP contribution in [0.15, 0.2) is 0 Å². The van der Waals surface area contributed by atoms with Crippen LogP contribution in [0.3, 0.4) is 0 Å². The van der Waals surface area contributed by atoms with Crippen LogP contribution in [-0.2, 0) is 9.47 Å². The molecule has 0 aliphatic carbocycles. The number of methoxy groups -OCH3 is 1. The zero-order valence-corrected chi connectivity index (χ0v) is 11.4. The van der Waals surface area contributed by atoms with Crippen LogP contribution in [-0.4, -0.2) is 57.0 Å². The van der Waals surface area contributed by atoms with Crippen LogP contribution in [0, 0.1) is 0 Å². The summed E-state index contributed by atoms with van der Waals surface area (Å²) in [5.41, 5.74) is 5.62. The molecule has 1 rings (SSSR count). The minimum atomic E-state index is 0.201. The van der Waals surface area contributed by atoms with E-state index in [0.717, 1.165) is 32.5 Å². The van der Waals surface area contributed by atoms with Crippen molar-refractivity contribution < 1.29 is 9.47 Å². The Labute approximate surface area is 105 Å². The second kappa shape index (κ2) is 8.86. The molecule has 1 aliphatic heterocycles. The highest BCUT2D eigenvalue weighted by Crippen LogP contribution is 2.14. The molecule has 1 saturated heterocycles. The molecule has 2 N–H and O–H groups in total. The normalized spacial score (nSPS) is 23.8. The Morgan fingerprint density at radius 1 is 1.47 bits per heavy atom. The summed E-state index contributed by atoms with van der Waals surface area (Å²) in [6.45, 7) is 6.99. The van der Waals surface area contributed by atoms with Crippen LogP contribution in [0.2, 0.25) is 0 Å². The molecule has 0 bridgehead atoms. The Balaban J connectivity index is 2.19. The number of nitrogens with zero attached hydrogens (tertiary/aromatic N) is 1. The topological polar surface area (TPSA) is 47.7 Å². The Bertz CT molecular complexity index is 186. The molecule has 17 heavy (non-hydrogen) atoms. The van der Waals surface area contributed by atoms with Gasteiger partial charge in [0.05, 0.1) is 12.2 Å². The van der Waals surface area contributed by atoms with Crippen molar-refractivity contribution in [3.63, 3.8) is 0 Å². The van der Waals surface area contributed by atoms with Crippen molar-refractivity contribution in [2.24, 2.45) is 5.73 Å². The number of piperidine rings is 1. The van der Waals surface area contributed by atoms with Gasteiger partial charge in [0, 0.05) is 33.4 Å². The molecule has 4 nitrogen and oxygen atoms in total. The molecule has 0 saturated carbocycles. The standard InChI is InChI=1S/C13H28N2O2/c1-3-9-17-13-5-4-7-15(11-13)8-6-12(10-14)16-2/h12-13H,3-11,14H2,1-2H3. The van der Waals surface area contributed by atoms with Gasteiger partial charge in [-0.2, -0.15) is 0 Å². The van der Waals surface area contributed by atoms with Crippen molar-refractivity contribution in [2.75, 3.05) is 39.9 Å². The van der Waals surface area contributed by atoms with Crippen molar-refractivity contribution in [1.29, 1.82) is 0 Å². The predicted molar refractivity (Wildman–Crippen MR) is 70.2 cm³/mol. The van der Waals surface area contributed by atoms with Crippen LogP contribution in [0.25, 0.3) is 0 Å². The summed E-state index contributed by atoms with van der Waals surface area (Å²) in [4.78, 5) is 2.48. The van der Waals surface area contributed by atoms with Gasteiger partial charge in [-0.1, -0.05) is 6.92 Å². The maximum Gasteiger partial charge on any atom is 0.0705 e. The molecule has 1 fully saturated rings. The first-order chi connectivity index (χ1) is 8.30. The Morgan fingerprint density at radius 3 is 2.94 bits per heavy atom. The van der Waals surface area contributed by atoms with E-state index < -0.39 is 0 Å². The van der Waals surface area contributed by atoms with E-state index in [9.17, 15) is 0 Å². The number of rotatable bonds is 8. The molecule has 0 aromatic carbocycles. The van der Waals surface area contributed by atoms with Crippen LogP contribution in [0.4, 0.5) is 0 Å². The average molecular weight is 244 g/mol. The summed E-state index contributed by atoms with van der Waals surface area (Å²) in [6.07, 6.45) is 5.22. The molecule has 0 radical (unpaired) electrons. The first kappa shape index (κ1) is 14.9. The lowest BCUT2D eigenvalue weighted by Gasteiger charge is -2.33. The lowest BCUT2D eigenvalue weighted by molar-refractivity contribution is -0.00482. The van der Waals surface area contributed by atoms with Gasteiger partial charge in [-0.3, -0.25) is 0 Å². The number of hydrogen-bond acceptors (Lipinski definition) is 4. The third-order valence-electron chi connectivity index (χ3n) is 3.38. The van der Waals surface area contributed by atoms with Gasteiger partial charge >= 0.3 is 0 Å². The highest BCUT2D eigenvalue weighted by atomic mass is 16.5. The minimum absolute atomic E-state index is 0.201. The van der Waals surface area contributed by atoms with Gasteiger partial charge in [0.25, 0.3) is 0 Å². The number of hydrogen-bond donors (Lipinski definition) is 1. The fourth-order valence-electron chi connectivity index (χ4n) is 2.30.